The maximum Gasteiger partial charge on any atom is 0.158 e. The Hall–Kier alpha value is 0.620. The number of ether oxygens (including phenoxy) is 2. The van der Waals surface area contributed by atoms with Gasteiger partial charge in [0, 0.05) is 11.1 Å². The molecule has 0 aliphatic carbocycles. The van der Waals surface area contributed by atoms with Gasteiger partial charge in [0.05, 0.1) is 6.10 Å². The summed E-state index contributed by atoms with van der Waals surface area (Å²) in [4.78, 5) is 1.90. The lowest BCUT2D eigenvalue weighted by molar-refractivity contribution is -0.180. The van der Waals surface area contributed by atoms with Crippen LogP contribution in [0.5, 0.6) is 0 Å². The fraction of sp³-hybridized carbons (Fsp3) is 0.846. The predicted molar refractivity (Wildman–Crippen MR) is 78.5 cm³/mol. The lowest BCUT2D eigenvalue weighted by Crippen LogP contribution is -2.28. The number of halogens is 2. The summed E-state index contributed by atoms with van der Waals surface area (Å²) in [6.07, 6.45) is 8.25. The van der Waals surface area contributed by atoms with E-state index in [1.54, 1.807) is 0 Å². The average molecular weight is 370 g/mol. The maximum atomic E-state index is 6.02. The third kappa shape index (κ3) is 6.37. The van der Waals surface area contributed by atoms with Crippen LogP contribution >= 0.6 is 31.9 Å². The molecule has 2 atom stereocenters. The minimum Gasteiger partial charge on any atom is -0.353 e. The van der Waals surface area contributed by atoms with Gasteiger partial charge in [-0.3, -0.25) is 0 Å². The smallest absolute Gasteiger partial charge is 0.158 e. The molecule has 0 bridgehead atoms. The van der Waals surface area contributed by atoms with Gasteiger partial charge < -0.3 is 9.47 Å². The van der Waals surface area contributed by atoms with Gasteiger partial charge in [-0.1, -0.05) is 58.0 Å². The highest BCUT2D eigenvalue weighted by molar-refractivity contribution is 9.14. The van der Waals surface area contributed by atoms with Gasteiger partial charge in [-0.25, -0.2) is 0 Å². The standard InChI is InChI=1S/C13H22Br2O2/c1-2-3-4-7-12(11(15)10-14)17-13-8-5-6-9-16-13/h10,12-13H,2-9H2,1H3. The van der Waals surface area contributed by atoms with E-state index in [0.29, 0.717) is 0 Å². The maximum absolute atomic E-state index is 6.02. The van der Waals surface area contributed by atoms with E-state index in [0.717, 1.165) is 30.4 Å². The first-order valence-corrected chi connectivity index (χ1v) is 8.21. The van der Waals surface area contributed by atoms with Crippen LogP contribution in [0.25, 0.3) is 0 Å². The average Bonchev–Trinajstić information content (AvgIpc) is 2.38. The molecule has 0 aromatic rings. The van der Waals surface area contributed by atoms with E-state index in [2.05, 4.69) is 38.8 Å². The molecule has 1 saturated heterocycles. The lowest BCUT2D eigenvalue weighted by atomic mass is 10.1. The van der Waals surface area contributed by atoms with E-state index in [4.69, 9.17) is 9.47 Å². The van der Waals surface area contributed by atoms with Crippen LogP contribution in [0.15, 0.2) is 9.47 Å². The van der Waals surface area contributed by atoms with E-state index < -0.39 is 0 Å². The van der Waals surface area contributed by atoms with Gasteiger partial charge in [0.1, 0.15) is 0 Å². The Morgan fingerprint density at radius 3 is 2.88 bits per heavy atom. The van der Waals surface area contributed by atoms with E-state index in [1.807, 2.05) is 4.99 Å². The summed E-state index contributed by atoms with van der Waals surface area (Å²) >= 11 is 6.92. The normalized spacial score (nSPS) is 23.7. The Morgan fingerprint density at radius 2 is 2.29 bits per heavy atom. The predicted octanol–water partition coefficient (Wildman–Crippen LogP) is 5.11. The van der Waals surface area contributed by atoms with Crippen molar-refractivity contribution in [2.45, 2.75) is 64.3 Å². The van der Waals surface area contributed by atoms with Crippen molar-refractivity contribution < 1.29 is 9.47 Å². The Labute approximate surface area is 121 Å². The van der Waals surface area contributed by atoms with Gasteiger partial charge in [-0.15, -0.1) is 0 Å². The highest BCUT2D eigenvalue weighted by Gasteiger charge is 2.21. The summed E-state index contributed by atoms with van der Waals surface area (Å²) in [5.74, 6) is 0. The molecule has 4 heteroatoms. The van der Waals surface area contributed by atoms with Crippen LogP contribution in [0.1, 0.15) is 51.9 Å². The van der Waals surface area contributed by atoms with Crippen molar-refractivity contribution in [2.75, 3.05) is 6.61 Å². The molecule has 2 unspecified atom stereocenters. The molecule has 0 radical (unpaired) electrons. The second-order valence-electron chi connectivity index (χ2n) is 4.41. The summed E-state index contributed by atoms with van der Waals surface area (Å²) in [6, 6.07) is 0. The zero-order chi connectivity index (χ0) is 12.5. The Bertz CT molecular complexity index is 225. The SMILES string of the molecule is CCCCCC(OC1CCCCO1)C(Br)=CBr. The topological polar surface area (TPSA) is 18.5 Å². The summed E-state index contributed by atoms with van der Waals surface area (Å²) < 4.78 is 12.7. The monoisotopic (exact) mass is 368 g/mol. The molecule has 0 amide bonds. The van der Waals surface area contributed by atoms with Gasteiger partial charge in [-0.2, -0.15) is 0 Å². The molecule has 0 N–H and O–H groups in total. The molecule has 0 aromatic heterocycles. The molecule has 1 aliphatic rings. The Kier molecular flexibility index (Phi) is 8.79. The van der Waals surface area contributed by atoms with Crippen molar-refractivity contribution in [2.24, 2.45) is 0 Å². The first kappa shape index (κ1) is 15.7. The number of rotatable bonds is 7. The molecular formula is C13H22Br2O2. The lowest BCUT2D eigenvalue weighted by Gasteiger charge is -2.27. The minimum absolute atomic E-state index is 0.0182. The van der Waals surface area contributed by atoms with E-state index in [9.17, 15) is 0 Å². The van der Waals surface area contributed by atoms with Crippen LogP contribution < -0.4 is 0 Å². The van der Waals surface area contributed by atoms with Crippen molar-refractivity contribution in [1.82, 2.24) is 0 Å². The molecule has 0 spiro atoms. The first-order valence-electron chi connectivity index (χ1n) is 6.50. The number of hydrogen-bond donors (Lipinski definition) is 0. The van der Waals surface area contributed by atoms with Crippen molar-refractivity contribution >= 4 is 31.9 Å². The third-order valence-electron chi connectivity index (χ3n) is 2.94. The zero-order valence-corrected chi connectivity index (χ0v) is 13.6. The highest BCUT2D eigenvalue weighted by atomic mass is 79.9. The van der Waals surface area contributed by atoms with Gasteiger partial charge in [0.2, 0.25) is 0 Å². The molecular weight excluding hydrogens is 348 g/mol. The molecule has 0 aromatic carbocycles. The summed E-state index contributed by atoms with van der Waals surface area (Å²) in [7, 11) is 0. The van der Waals surface area contributed by atoms with Crippen LogP contribution in [-0.2, 0) is 9.47 Å². The molecule has 1 rings (SSSR count). The Balaban J connectivity index is 2.38. The van der Waals surface area contributed by atoms with Crippen LogP contribution in [0.2, 0.25) is 0 Å². The fourth-order valence-corrected chi connectivity index (χ4v) is 2.55. The van der Waals surface area contributed by atoms with Gasteiger partial charge in [-0.05, 0) is 30.7 Å². The van der Waals surface area contributed by atoms with E-state index in [-0.39, 0.29) is 12.4 Å². The Morgan fingerprint density at radius 1 is 1.47 bits per heavy atom. The molecule has 0 saturated carbocycles. The summed E-state index contributed by atoms with van der Waals surface area (Å²) in [6.45, 7) is 3.05. The molecule has 17 heavy (non-hydrogen) atoms. The first-order chi connectivity index (χ1) is 8.27. The van der Waals surface area contributed by atoms with Crippen molar-refractivity contribution in [3.63, 3.8) is 0 Å². The van der Waals surface area contributed by atoms with E-state index >= 15 is 0 Å². The van der Waals surface area contributed by atoms with Gasteiger partial charge in [0.25, 0.3) is 0 Å². The van der Waals surface area contributed by atoms with Gasteiger partial charge >= 0.3 is 0 Å². The van der Waals surface area contributed by atoms with Crippen LogP contribution in [-0.4, -0.2) is 19.0 Å². The molecule has 100 valence electrons. The summed E-state index contributed by atoms with van der Waals surface area (Å²) in [5.41, 5.74) is 0. The second-order valence-corrected chi connectivity index (χ2v) is 5.78. The largest absolute Gasteiger partial charge is 0.353 e. The van der Waals surface area contributed by atoms with Crippen molar-refractivity contribution in [3.05, 3.63) is 9.47 Å². The molecule has 1 fully saturated rings. The van der Waals surface area contributed by atoms with Crippen LogP contribution in [0, 0.1) is 0 Å². The second kappa shape index (κ2) is 9.54. The zero-order valence-electron chi connectivity index (χ0n) is 10.5. The fourth-order valence-electron chi connectivity index (χ4n) is 1.92. The minimum atomic E-state index is -0.0182. The summed E-state index contributed by atoms with van der Waals surface area (Å²) in [5, 5.41) is 0. The highest BCUT2D eigenvalue weighted by Crippen LogP contribution is 2.25. The van der Waals surface area contributed by atoms with Crippen LogP contribution in [0.4, 0.5) is 0 Å². The van der Waals surface area contributed by atoms with Crippen molar-refractivity contribution in [1.29, 1.82) is 0 Å². The number of hydrogen-bond acceptors (Lipinski definition) is 2. The van der Waals surface area contributed by atoms with E-state index in [1.165, 1.54) is 25.7 Å². The van der Waals surface area contributed by atoms with Gasteiger partial charge in [0.15, 0.2) is 6.29 Å². The van der Waals surface area contributed by atoms with Crippen LogP contribution in [0.3, 0.4) is 0 Å². The molecule has 2 nitrogen and oxygen atoms in total. The molecule has 1 heterocycles. The van der Waals surface area contributed by atoms with Crippen molar-refractivity contribution in [3.8, 4) is 0 Å². The quantitative estimate of drug-likeness (QED) is 0.580. The molecule has 1 aliphatic heterocycles. The third-order valence-corrected chi connectivity index (χ3v) is 4.78. The number of unbranched alkanes of at least 4 members (excludes halogenated alkanes) is 2.